The number of likely N-dealkylation sites (tertiary alicyclic amines) is 1. The maximum Gasteiger partial charge on any atom is 0.224 e. The maximum absolute atomic E-state index is 11.8. The molecule has 0 radical (unpaired) electrons. The fraction of sp³-hybridized carbons (Fsp3) is 0.500. The maximum atomic E-state index is 11.8. The summed E-state index contributed by atoms with van der Waals surface area (Å²) < 4.78 is 0. The monoisotopic (exact) mass is 271 g/mol. The lowest BCUT2D eigenvalue weighted by Gasteiger charge is -2.26. The van der Waals surface area contributed by atoms with Gasteiger partial charge in [0.2, 0.25) is 5.91 Å². The Morgan fingerprint density at radius 3 is 2.85 bits per heavy atom. The van der Waals surface area contributed by atoms with Crippen LogP contribution in [0.5, 0.6) is 0 Å². The van der Waals surface area contributed by atoms with Gasteiger partial charge in [-0.05, 0) is 57.1 Å². The largest absolute Gasteiger partial charge is 0.326 e. The third-order valence-corrected chi connectivity index (χ3v) is 3.60. The van der Waals surface area contributed by atoms with Crippen molar-refractivity contribution in [3.05, 3.63) is 29.8 Å². The van der Waals surface area contributed by atoms with Gasteiger partial charge in [-0.1, -0.05) is 12.5 Å². The number of piperidine rings is 1. The van der Waals surface area contributed by atoms with E-state index in [9.17, 15) is 4.79 Å². The van der Waals surface area contributed by atoms with Crippen LogP contribution in [0.4, 0.5) is 5.69 Å². The molecule has 1 aromatic rings. The van der Waals surface area contributed by atoms with Gasteiger partial charge in [0, 0.05) is 12.1 Å². The van der Waals surface area contributed by atoms with E-state index in [0.29, 0.717) is 17.7 Å². The van der Waals surface area contributed by atoms with Gasteiger partial charge < -0.3 is 10.2 Å². The van der Waals surface area contributed by atoms with E-state index >= 15 is 0 Å². The van der Waals surface area contributed by atoms with Crippen molar-refractivity contribution in [1.29, 1.82) is 5.26 Å². The Bertz CT molecular complexity index is 487. The summed E-state index contributed by atoms with van der Waals surface area (Å²) in [4.78, 5) is 14.3. The van der Waals surface area contributed by atoms with E-state index < -0.39 is 0 Å². The number of anilines is 1. The molecule has 0 saturated carbocycles. The van der Waals surface area contributed by atoms with E-state index in [-0.39, 0.29) is 5.91 Å². The molecule has 1 aliphatic rings. The minimum absolute atomic E-state index is 0.0251. The molecule has 1 aromatic carbocycles. The van der Waals surface area contributed by atoms with Gasteiger partial charge in [-0.3, -0.25) is 4.79 Å². The minimum atomic E-state index is 0.0251. The van der Waals surface area contributed by atoms with E-state index in [1.807, 2.05) is 6.07 Å². The van der Waals surface area contributed by atoms with Crippen molar-refractivity contribution in [3.63, 3.8) is 0 Å². The molecule has 2 rings (SSSR count). The Kier molecular flexibility index (Phi) is 5.57. The second-order valence-electron chi connectivity index (χ2n) is 5.25. The molecule has 0 aromatic heterocycles. The number of carbonyl (C=O) groups excluding carboxylic acids is 1. The zero-order valence-corrected chi connectivity index (χ0v) is 11.8. The van der Waals surface area contributed by atoms with Crippen molar-refractivity contribution in [3.8, 4) is 6.07 Å². The Labute approximate surface area is 120 Å². The van der Waals surface area contributed by atoms with Crippen LogP contribution in [-0.4, -0.2) is 30.4 Å². The summed E-state index contributed by atoms with van der Waals surface area (Å²) in [7, 11) is 0. The SMILES string of the molecule is N#Cc1cccc(NC(=O)CCCN2CCCCC2)c1. The van der Waals surface area contributed by atoms with Crippen LogP contribution in [0.3, 0.4) is 0 Å². The molecular weight excluding hydrogens is 250 g/mol. The molecule has 0 bridgehead atoms. The van der Waals surface area contributed by atoms with Crippen LogP contribution >= 0.6 is 0 Å². The first-order chi connectivity index (χ1) is 9.78. The van der Waals surface area contributed by atoms with Gasteiger partial charge in [-0.25, -0.2) is 0 Å². The highest BCUT2D eigenvalue weighted by Gasteiger charge is 2.10. The van der Waals surface area contributed by atoms with Crippen LogP contribution in [0, 0.1) is 11.3 Å². The molecule has 0 atom stereocenters. The summed E-state index contributed by atoms with van der Waals surface area (Å²) in [6.07, 6.45) is 5.34. The standard InChI is InChI=1S/C16H21N3O/c17-13-14-6-4-7-15(12-14)18-16(20)8-5-11-19-9-2-1-3-10-19/h4,6-7,12H,1-3,5,8-11H2,(H,18,20). The van der Waals surface area contributed by atoms with Crippen LogP contribution in [0.25, 0.3) is 0 Å². The molecule has 106 valence electrons. The molecule has 0 aliphatic carbocycles. The topological polar surface area (TPSA) is 56.1 Å². The molecule has 1 amide bonds. The van der Waals surface area contributed by atoms with Gasteiger partial charge in [0.05, 0.1) is 11.6 Å². The highest BCUT2D eigenvalue weighted by Crippen LogP contribution is 2.12. The van der Waals surface area contributed by atoms with Crippen molar-refractivity contribution >= 4 is 11.6 Å². The van der Waals surface area contributed by atoms with Crippen molar-refractivity contribution in [1.82, 2.24) is 4.90 Å². The second kappa shape index (κ2) is 7.66. The summed E-state index contributed by atoms with van der Waals surface area (Å²) in [6, 6.07) is 9.08. The summed E-state index contributed by atoms with van der Waals surface area (Å²) >= 11 is 0. The Hall–Kier alpha value is -1.86. The number of rotatable bonds is 5. The summed E-state index contributed by atoms with van der Waals surface area (Å²) in [5, 5.41) is 11.7. The molecule has 4 nitrogen and oxygen atoms in total. The van der Waals surface area contributed by atoms with E-state index in [2.05, 4.69) is 16.3 Å². The van der Waals surface area contributed by atoms with Crippen molar-refractivity contribution in [2.24, 2.45) is 0 Å². The van der Waals surface area contributed by atoms with Crippen LogP contribution in [0.2, 0.25) is 0 Å². The third kappa shape index (κ3) is 4.67. The first-order valence-electron chi connectivity index (χ1n) is 7.30. The normalized spacial score (nSPS) is 15.6. The third-order valence-electron chi connectivity index (χ3n) is 3.60. The Balaban J connectivity index is 1.70. The lowest BCUT2D eigenvalue weighted by molar-refractivity contribution is -0.116. The number of nitriles is 1. The predicted octanol–water partition coefficient (Wildman–Crippen LogP) is 2.76. The first-order valence-corrected chi connectivity index (χ1v) is 7.30. The van der Waals surface area contributed by atoms with Crippen molar-refractivity contribution < 1.29 is 4.79 Å². The van der Waals surface area contributed by atoms with Gasteiger partial charge in [0.1, 0.15) is 0 Å². The van der Waals surface area contributed by atoms with Gasteiger partial charge in [-0.2, -0.15) is 5.26 Å². The molecule has 0 spiro atoms. The van der Waals surface area contributed by atoms with Gasteiger partial charge in [0.15, 0.2) is 0 Å². The van der Waals surface area contributed by atoms with Gasteiger partial charge in [0.25, 0.3) is 0 Å². The van der Waals surface area contributed by atoms with Crippen LogP contribution in [0.1, 0.15) is 37.7 Å². The lowest BCUT2D eigenvalue weighted by atomic mass is 10.1. The summed E-state index contributed by atoms with van der Waals surface area (Å²) in [5.74, 6) is 0.0251. The zero-order valence-electron chi connectivity index (χ0n) is 11.8. The summed E-state index contributed by atoms with van der Waals surface area (Å²) in [5.41, 5.74) is 1.27. The van der Waals surface area contributed by atoms with Crippen LogP contribution < -0.4 is 5.32 Å². The second-order valence-corrected chi connectivity index (χ2v) is 5.25. The molecule has 1 heterocycles. The van der Waals surface area contributed by atoms with E-state index in [1.54, 1.807) is 18.2 Å². The molecule has 20 heavy (non-hydrogen) atoms. The first kappa shape index (κ1) is 14.5. The number of carbonyl (C=O) groups is 1. The number of benzene rings is 1. The van der Waals surface area contributed by atoms with Gasteiger partial charge >= 0.3 is 0 Å². The number of amides is 1. The Morgan fingerprint density at radius 2 is 2.10 bits per heavy atom. The average Bonchev–Trinajstić information content (AvgIpc) is 2.48. The molecule has 0 unspecified atom stereocenters. The number of hydrogen-bond acceptors (Lipinski definition) is 3. The van der Waals surface area contributed by atoms with Gasteiger partial charge in [-0.15, -0.1) is 0 Å². The summed E-state index contributed by atoms with van der Waals surface area (Å²) in [6.45, 7) is 3.35. The molecule has 1 N–H and O–H groups in total. The zero-order chi connectivity index (χ0) is 14.2. The Morgan fingerprint density at radius 1 is 1.30 bits per heavy atom. The number of nitrogens with zero attached hydrogens (tertiary/aromatic N) is 2. The highest BCUT2D eigenvalue weighted by atomic mass is 16.1. The van der Waals surface area contributed by atoms with E-state index in [0.717, 1.165) is 13.0 Å². The molecular formula is C16H21N3O. The number of nitrogens with one attached hydrogen (secondary N) is 1. The van der Waals surface area contributed by atoms with E-state index in [1.165, 1.54) is 32.4 Å². The number of hydrogen-bond donors (Lipinski definition) is 1. The molecule has 1 fully saturated rings. The van der Waals surface area contributed by atoms with Crippen molar-refractivity contribution in [2.75, 3.05) is 25.0 Å². The van der Waals surface area contributed by atoms with Crippen LogP contribution in [0.15, 0.2) is 24.3 Å². The predicted molar refractivity (Wildman–Crippen MR) is 79.3 cm³/mol. The van der Waals surface area contributed by atoms with Crippen LogP contribution in [-0.2, 0) is 4.79 Å². The molecule has 1 aliphatic heterocycles. The smallest absolute Gasteiger partial charge is 0.224 e. The van der Waals surface area contributed by atoms with Crippen molar-refractivity contribution in [2.45, 2.75) is 32.1 Å². The average molecular weight is 271 g/mol. The fourth-order valence-corrected chi connectivity index (χ4v) is 2.54. The quantitative estimate of drug-likeness (QED) is 0.896. The fourth-order valence-electron chi connectivity index (χ4n) is 2.54. The lowest BCUT2D eigenvalue weighted by Crippen LogP contribution is -2.31. The van der Waals surface area contributed by atoms with E-state index in [4.69, 9.17) is 5.26 Å². The molecule has 4 heteroatoms. The minimum Gasteiger partial charge on any atom is -0.326 e. The highest BCUT2D eigenvalue weighted by molar-refractivity contribution is 5.90. The molecule has 1 saturated heterocycles.